The molecule has 3 rings (SSSR count). The van der Waals surface area contributed by atoms with E-state index in [-0.39, 0.29) is 6.54 Å². The molecule has 2 heterocycles. The minimum absolute atomic E-state index is 0.225. The normalized spacial score (nSPS) is 13.8. The lowest BCUT2D eigenvalue weighted by Gasteiger charge is -2.34. The van der Waals surface area contributed by atoms with Gasteiger partial charge in [-0.3, -0.25) is 9.59 Å². The highest BCUT2D eigenvalue weighted by Crippen LogP contribution is 2.27. The number of anilines is 1. The number of carbonyl (C=O) groups is 2. The van der Waals surface area contributed by atoms with Crippen molar-refractivity contribution in [2.75, 3.05) is 45.3 Å². The number of carbonyl (C=O) groups excluding carboxylic acids is 2. The SMILES string of the molecule is COc1ccc(CNC(=O)C(=O)N2CCN(c3ncccn3)CC2)cc1OC. The second-order valence-corrected chi connectivity index (χ2v) is 6.20. The van der Waals surface area contributed by atoms with E-state index in [4.69, 9.17) is 9.47 Å². The number of nitrogens with one attached hydrogen (secondary N) is 1. The first kappa shape index (κ1) is 19.4. The number of ether oxygens (including phenoxy) is 2. The fourth-order valence-corrected chi connectivity index (χ4v) is 2.96. The van der Waals surface area contributed by atoms with Crippen molar-refractivity contribution in [2.24, 2.45) is 0 Å². The summed E-state index contributed by atoms with van der Waals surface area (Å²) < 4.78 is 10.4. The molecule has 1 aliphatic rings. The predicted molar refractivity (Wildman–Crippen MR) is 102 cm³/mol. The van der Waals surface area contributed by atoms with Crippen LogP contribution in [0.4, 0.5) is 5.95 Å². The van der Waals surface area contributed by atoms with Crippen molar-refractivity contribution in [2.45, 2.75) is 6.54 Å². The van der Waals surface area contributed by atoms with Crippen LogP contribution in [0.3, 0.4) is 0 Å². The monoisotopic (exact) mass is 385 g/mol. The van der Waals surface area contributed by atoms with Crippen LogP contribution in [0, 0.1) is 0 Å². The van der Waals surface area contributed by atoms with Crippen LogP contribution in [0.25, 0.3) is 0 Å². The lowest BCUT2D eigenvalue weighted by molar-refractivity contribution is -0.146. The zero-order valence-corrected chi connectivity index (χ0v) is 15.9. The van der Waals surface area contributed by atoms with E-state index in [1.54, 1.807) is 49.7 Å². The summed E-state index contributed by atoms with van der Waals surface area (Å²) in [7, 11) is 3.10. The molecule has 0 unspecified atom stereocenters. The van der Waals surface area contributed by atoms with Gasteiger partial charge in [0, 0.05) is 45.1 Å². The Balaban J connectivity index is 1.51. The Bertz CT molecular complexity index is 822. The predicted octanol–water partition coefficient (Wildman–Crippen LogP) is 0.459. The topological polar surface area (TPSA) is 96.9 Å². The average Bonchev–Trinajstić information content (AvgIpc) is 2.77. The van der Waals surface area contributed by atoms with Crippen molar-refractivity contribution in [3.05, 3.63) is 42.2 Å². The van der Waals surface area contributed by atoms with Crippen molar-refractivity contribution in [3.63, 3.8) is 0 Å². The summed E-state index contributed by atoms with van der Waals surface area (Å²) in [5.41, 5.74) is 0.810. The van der Waals surface area contributed by atoms with Gasteiger partial charge in [0.1, 0.15) is 0 Å². The smallest absolute Gasteiger partial charge is 0.312 e. The third kappa shape index (κ3) is 4.48. The van der Waals surface area contributed by atoms with Crippen molar-refractivity contribution < 1.29 is 19.1 Å². The third-order valence-corrected chi connectivity index (χ3v) is 4.50. The quantitative estimate of drug-likeness (QED) is 0.747. The van der Waals surface area contributed by atoms with Gasteiger partial charge in [0.2, 0.25) is 5.95 Å². The van der Waals surface area contributed by atoms with Gasteiger partial charge in [-0.15, -0.1) is 0 Å². The molecule has 0 aliphatic carbocycles. The third-order valence-electron chi connectivity index (χ3n) is 4.50. The molecular weight excluding hydrogens is 362 g/mol. The van der Waals surface area contributed by atoms with Gasteiger partial charge in [0.25, 0.3) is 0 Å². The minimum atomic E-state index is -0.626. The van der Waals surface area contributed by atoms with Crippen LogP contribution in [-0.2, 0) is 16.1 Å². The number of aromatic nitrogens is 2. The molecule has 1 saturated heterocycles. The second kappa shape index (κ2) is 9.03. The molecule has 1 fully saturated rings. The van der Waals surface area contributed by atoms with Gasteiger partial charge in [-0.1, -0.05) is 6.07 Å². The van der Waals surface area contributed by atoms with Crippen LogP contribution in [0.1, 0.15) is 5.56 Å². The molecule has 148 valence electrons. The van der Waals surface area contributed by atoms with E-state index >= 15 is 0 Å². The Labute approximate surface area is 163 Å². The van der Waals surface area contributed by atoms with Crippen LogP contribution in [-0.4, -0.2) is 67.1 Å². The number of rotatable bonds is 5. The minimum Gasteiger partial charge on any atom is -0.493 e. The molecule has 0 radical (unpaired) electrons. The standard InChI is InChI=1S/C19H23N5O4/c1-27-15-5-4-14(12-16(15)28-2)13-22-17(25)18(26)23-8-10-24(11-9-23)19-20-6-3-7-21-19/h3-7,12H,8-11,13H2,1-2H3,(H,22,25). The zero-order chi connectivity index (χ0) is 19.9. The first-order valence-electron chi connectivity index (χ1n) is 8.92. The van der Waals surface area contributed by atoms with Gasteiger partial charge in [-0.2, -0.15) is 0 Å². The molecule has 28 heavy (non-hydrogen) atoms. The largest absolute Gasteiger partial charge is 0.493 e. The number of benzene rings is 1. The molecule has 2 aromatic rings. The van der Waals surface area contributed by atoms with Gasteiger partial charge in [-0.25, -0.2) is 9.97 Å². The molecule has 1 N–H and O–H groups in total. The van der Waals surface area contributed by atoms with E-state index in [0.717, 1.165) is 5.56 Å². The molecule has 0 saturated carbocycles. The molecule has 1 aliphatic heterocycles. The van der Waals surface area contributed by atoms with Crippen LogP contribution < -0.4 is 19.7 Å². The first-order valence-corrected chi connectivity index (χ1v) is 8.92. The van der Waals surface area contributed by atoms with Gasteiger partial charge >= 0.3 is 11.8 Å². The lowest BCUT2D eigenvalue weighted by atomic mass is 10.2. The fourth-order valence-electron chi connectivity index (χ4n) is 2.96. The molecular formula is C19H23N5O4. The summed E-state index contributed by atoms with van der Waals surface area (Å²) in [6.07, 6.45) is 3.36. The number of amides is 2. The van der Waals surface area contributed by atoms with Crippen molar-refractivity contribution in [1.29, 1.82) is 0 Å². The zero-order valence-electron chi connectivity index (χ0n) is 15.9. The van der Waals surface area contributed by atoms with Crippen molar-refractivity contribution in [3.8, 4) is 11.5 Å². The Morgan fingerprint density at radius 3 is 2.36 bits per heavy atom. The summed E-state index contributed by atoms with van der Waals surface area (Å²) in [4.78, 5) is 36.6. The maximum atomic E-state index is 12.4. The van der Waals surface area contributed by atoms with Crippen molar-refractivity contribution in [1.82, 2.24) is 20.2 Å². The van der Waals surface area contributed by atoms with E-state index in [1.807, 2.05) is 11.0 Å². The Morgan fingerprint density at radius 2 is 1.71 bits per heavy atom. The number of nitrogens with zero attached hydrogens (tertiary/aromatic N) is 4. The van der Waals surface area contributed by atoms with Crippen molar-refractivity contribution >= 4 is 17.8 Å². The molecule has 1 aromatic heterocycles. The van der Waals surface area contributed by atoms with Gasteiger partial charge in [0.05, 0.1) is 14.2 Å². The van der Waals surface area contributed by atoms with E-state index in [9.17, 15) is 9.59 Å². The van der Waals surface area contributed by atoms with Gasteiger partial charge in [-0.05, 0) is 23.8 Å². The van der Waals surface area contributed by atoms with E-state index in [0.29, 0.717) is 43.6 Å². The summed E-state index contributed by atoms with van der Waals surface area (Å²) in [5, 5.41) is 2.66. The maximum absolute atomic E-state index is 12.4. The molecule has 2 amide bonds. The summed E-state index contributed by atoms with van der Waals surface area (Å²) in [6.45, 7) is 2.28. The molecule has 0 bridgehead atoms. The van der Waals surface area contributed by atoms with E-state index in [1.165, 1.54) is 0 Å². The van der Waals surface area contributed by atoms with Crippen LogP contribution in [0.15, 0.2) is 36.7 Å². The number of piperazine rings is 1. The number of methoxy groups -OCH3 is 2. The fraction of sp³-hybridized carbons (Fsp3) is 0.368. The maximum Gasteiger partial charge on any atom is 0.312 e. The molecule has 0 atom stereocenters. The number of hydrogen-bond donors (Lipinski definition) is 1. The summed E-state index contributed by atoms with van der Waals surface area (Å²) in [6, 6.07) is 7.09. The highest BCUT2D eigenvalue weighted by atomic mass is 16.5. The molecule has 1 aromatic carbocycles. The van der Waals surface area contributed by atoms with Gasteiger partial charge < -0.3 is 24.6 Å². The molecule has 0 spiro atoms. The van der Waals surface area contributed by atoms with Gasteiger partial charge in [0.15, 0.2) is 11.5 Å². The summed E-state index contributed by atoms with van der Waals surface area (Å²) in [5.74, 6) is 0.648. The van der Waals surface area contributed by atoms with E-state index < -0.39 is 11.8 Å². The Kier molecular flexibility index (Phi) is 6.25. The second-order valence-electron chi connectivity index (χ2n) is 6.20. The summed E-state index contributed by atoms with van der Waals surface area (Å²) >= 11 is 0. The highest BCUT2D eigenvalue weighted by molar-refractivity contribution is 6.35. The average molecular weight is 385 g/mol. The highest BCUT2D eigenvalue weighted by Gasteiger charge is 2.26. The molecule has 9 nitrogen and oxygen atoms in total. The Hall–Kier alpha value is -3.36. The Morgan fingerprint density at radius 1 is 1.04 bits per heavy atom. The lowest BCUT2D eigenvalue weighted by Crippen LogP contribution is -2.52. The van der Waals surface area contributed by atoms with Crippen LogP contribution >= 0.6 is 0 Å². The van der Waals surface area contributed by atoms with Crippen LogP contribution in [0.2, 0.25) is 0 Å². The van der Waals surface area contributed by atoms with Crippen LogP contribution in [0.5, 0.6) is 11.5 Å². The molecule has 9 heteroatoms. The van der Waals surface area contributed by atoms with E-state index in [2.05, 4.69) is 15.3 Å². The number of hydrogen-bond acceptors (Lipinski definition) is 7. The first-order chi connectivity index (χ1) is 13.6.